The number of halogens is 1. The summed E-state index contributed by atoms with van der Waals surface area (Å²) in [5.41, 5.74) is 1.37. The Labute approximate surface area is 111 Å². The van der Waals surface area contributed by atoms with Gasteiger partial charge in [-0.15, -0.1) is 0 Å². The predicted octanol–water partition coefficient (Wildman–Crippen LogP) is 1.73. The number of nitrogens with zero attached hydrogens (tertiary/aromatic N) is 5. The Balaban J connectivity index is 2.22. The molecule has 3 aromatic rings. The molecular formula is C10H10BrN7. The van der Waals surface area contributed by atoms with Gasteiger partial charge < -0.3 is 10.3 Å². The zero-order chi connectivity index (χ0) is 12.5. The van der Waals surface area contributed by atoms with Gasteiger partial charge in [0.1, 0.15) is 5.52 Å². The largest absolute Gasteiger partial charge is 0.354 e. The highest BCUT2D eigenvalue weighted by Gasteiger charge is 2.12. The second-order valence-electron chi connectivity index (χ2n) is 3.61. The van der Waals surface area contributed by atoms with E-state index < -0.39 is 0 Å². The van der Waals surface area contributed by atoms with Gasteiger partial charge >= 0.3 is 0 Å². The van der Waals surface area contributed by atoms with Gasteiger partial charge in [0.25, 0.3) is 0 Å². The fourth-order valence-electron chi connectivity index (χ4n) is 1.64. The molecule has 2 N–H and O–H groups in total. The van der Waals surface area contributed by atoms with E-state index in [1.165, 1.54) is 0 Å². The van der Waals surface area contributed by atoms with Crippen molar-refractivity contribution in [2.75, 3.05) is 11.9 Å². The lowest BCUT2D eigenvalue weighted by Gasteiger charge is -2.05. The maximum absolute atomic E-state index is 4.43. The number of H-pyrrole nitrogens is 1. The SMILES string of the molecule is CCNc1nc(-n2cc(Br)cn2)c2[nH]cnc2n1. The van der Waals surface area contributed by atoms with Crippen molar-refractivity contribution >= 4 is 33.0 Å². The Bertz CT molecular complexity index is 686. The van der Waals surface area contributed by atoms with Crippen LogP contribution in [0.25, 0.3) is 17.0 Å². The van der Waals surface area contributed by atoms with E-state index in [0.29, 0.717) is 17.4 Å². The van der Waals surface area contributed by atoms with Crippen LogP contribution in [-0.2, 0) is 0 Å². The van der Waals surface area contributed by atoms with Crippen LogP contribution >= 0.6 is 15.9 Å². The Morgan fingerprint density at radius 2 is 2.33 bits per heavy atom. The van der Waals surface area contributed by atoms with Crippen LogP contribution < -0.4 is 5.32 Å². The summed E-state index contributed by atoms with van der Waals surface area (Å²) < 4.78 is 2.56. The number of aromatic amines is 1. The van der Waals surface area contributed by atoms with E-state index in [9.17, 15) is 0 Å². The number of imidazole rings is 1. The second kappa shape index (κ2) is 4.37. The molecule has 0 aromatic carbocycles. The monoisotopic (exact) mass is 307 g/mol. The lowest BCUT2D eigenvalue weighted by Crippen LogP contribution is -2.07. The van der Waals surface area contributed by atoms with Crippen LogP contribution in [0.2, 0.25) is 0 Å². The highest BCUT2D eigenvalue weighted by atomic mass is 79.9. The predicted molar refractivity (Wildman–Crippen MR) is 70.7 cm³/mol. The molecule has 8 heteroatoms. The summed E-state index contributed by atoms with van der Waals surface area (Å²) in [4.78, 5) is 15.9. The first kappa shape index (κ1) is 11.1. The first-order chi connectivity index (χ1) is 8.78. The van der Waals surface area contributed by atoms with Crippen LogP contribution in [-0.4, -0.2) is 36.3 Å². The van der Waals surface area contributed by atoms with Crippen molar-refractivity contribution in [2.24, 2.45) is 0 Å². The number of anilines is 1. The molecule has 92 valence electrons. The molecule has 3 rings (SSSR count). The van der Waals surface area contributed by atoms with Crippen molar-refractivity contribution in [2.45, 2.75) is 6.92 Å². The van der Waals surface area contributed by atoms with Gasteiger partial charge in [0.15, 0.2) is 11.5 Å². The normalized spacial score (nSPS) is 11.0. The lowest BCUT2D eigenvalue weighted by atomic mass is 10.5. The molecule has 0 atom stereocenters. The standard InChI is InChI=1S/C10H10BrN7/c1-2-12-10-16-8-7(13-5-14-8)9(17-10)18-4-6(11)3-15-18/h3-5H,2H2,1H3,(H2,12,13,14,16,17). The van der Waals surface area contributed by atoms with E-state index in [0.717, 1.165) is 16.5 Å². The number of fused-ring (bicyclic) bond motifs is 1. The van der Waals surface area contributed by atoms with E-state index in [1.807, 2.05) is 13.1 Å². The Morgan fingerprint density at radius 3 is 3.06 bits per heavy atom. The average Bonchev–Trinajstić information content (AvgIpc) is 2.97. The van der Waals surface area contributed by atoms with Crippen LogP contribution in [0.5, 0.6) is 0 Å². The number of rotatable bonds is 3. The molecule has 0 aliphatic carbocycles. The molecule has 0 unspecified atom stereocenters. The minimum absolute atomic E-state index is 0.540. The van der Waals surface area contributed by atoms with Gasteiger partial charge in [-0.05, 0) is 22.9 Å². The van der Waals surface area contributed by atoms with Crippen molar-refractivity contribution in [3.8, 4) is 5.82 Å². The van der Waals surface area contributed by atoms with Crippen molar-refractivity contribution in [1.29, 1.82) is 0 Å². The minimum atomic E-state index is 0.540. The Kier molecular flexibility index (Phi) is 2.71. The summed E-state index contributed by atoms with van der Waals surface area (Å²) in [6.07, 6.45) is 5.13. The third-order valence-electron chi connectivity index (χ3n) is 2.37. The third-order valence-corrected chi connectivity index (χ3v) is 2.78. The quantitative estimate of drug-likeness (QED) is 0.770. The topological polar surface area (TPSA) is 84.3 Å². The minimum Gasteiger partial charge on any atom is -0.354 e. The second-order valence-corrected chi connectivity index (χ2v) is 4.52. The van der Waals surface area contributed by atoms with Crippen molar-refractivity contribution in [1.82, 2.24) is 29.7 Å². The van der Waals surface area contributed by atoms with Gasteiger partial charge in [-0.3, -0.25) is 0 Å². The van der Waals surface area contributed by atoms with Gasteiger partial charge in [-0.25, -0.2) is 9.67 Å². The van der Waals surface area contributed by atoms with E-state index >= 15 is 0 Å². The Hall–Kier alpha value is -1.96. The maximum Gasteiger partial charge on any atom is 0.226 e. The van der Waals surface area contributed by atoms with Crippen LogP contribution in [0.4, 0.5) is 5.95 Å². The molecule has 0 fully saturated rings. The third kappa shape index (κ3) is 1.84. The fraction of sp³-hybridized carbons (Fsp3) is 0.200. The molecule has 18 heavy (non-hydrogen) atoms. The zero-order valence-corrected chi connectivity index (χ0v) is 11.1. The van der Waals surface area contributed by atoms with Crippen molar-refractivity contribution < 1.29 is 0 Å². The van der Waals surface area contributed by atoms with Crippen LogP contribution in [0.1, 0.15) is 6.92 Å². The van der Waals surface area contributed by atoms with Crippen molar-refractivity contribution in [3.05, 3.63) is 23.2 Å². The highest BCUT2D eigenvalue weighted by molar-refractivity contribution is 9.10. The van der Waals surface area contributed by atoms with E-state index in [-0.39, 0.29) is 0 Å². The number of nitrogens with one attached hydrogen (secondary N) is 2. The van der Waals surface area contributed by atoms with Gasteiger partial charge in [-0.1, -0.05) is 0 Å². The van der Waals surface area contributed by atoms with Gasteiger partial charge in [0.2, 0.25) is 5.95 Å². The summed E-state index contributed by atoms with van der Waals surface area (Å²) in [5.74, 6) is 1.21. The van der Waals surface area contributed by atoms with E-state index in [4.69, 9.17) is 0 Å². The van der Waals surface area contributed by atoms with Crippen LogP contribution in [0, 0.1) is 0 Å². The fourth-order valence-corrected chi connectivity index (χ4v) is 1.92. The maximum atomic E-state index is 4.43. The molecule has 0 aliphatic rings. The number of aromatic nitrogens is 6. The molecule has 0 amide bonds. The zero-order valence-electron chi connectivity index (χ0n) is 9.55. The van der Waals surface area contributed by atoms with E-state index in [1.54, 1.807) is 17.2 Å². The molecule has 0 saturated heterocycles. The molecule has 7 nitrogen and oxygen atoms in total. The smallest absolute Gasteiger partial charge is 0.226 e. The first-order valence-corrected chi connectivity index (χ1v) is 6.22. The summed E-state index contributed by atoms with van der Waals surface area (Å²) in [7, 11) is 0. The molecule has 0 saturated carbocycles. The lowest BCUT2D eigenvalue weighted by molar-refractivity contribution is 0.848. The molecule has 3 aromatic heterocycles. The molecule has 0 bridgehead atoms. The van der Waals surface area contributed by atoms with Crippen molar-refractivity contribution in [3.63, 3.8) is 0 Å². The summed E-state index contributed by atoms with van der Waals surface area (Å²) >= 11 is 3.37. The van der Waals surface area contributed by atoms with Crippen LogP contribution in [0.3, 0.4) is 0 Å². The number of hydrogen-bond donors (Lipinski definition) is 2. The molecule has 0 aliphatic heterocycles. The van der Waals surface area contributed by atoms with Gasteiger partial charge in [-0.2, -0.15) is 15.1 Å². The van der Waals surface area contributed by atoms with Gasteiger partial charge in [0.05, 0.1) is 17.0 Å². The van der Waals surface area contributed by atoms with E-state index in [2.05, 4.69) is 46.3 Å². The summed E-state index contributed by atoms with van der Waals surface area (Å²) in [6, 6.07) is 0. The highest BCUT2D eigenvalue weighted by Crippen LogP contribution is 2.19. The van der Waals surface area contributed by atoms with Crippen LogP contribution in [0.15, 0.2) is 23.2 Å². The average molecular weight is 308 g/mol. The Morgan fingerprint density at radius 1 is 1.44 bits per heavy atom. The summed E-state index contributed by atoms with van der Waals surface area (Å²) in [5, 5.41) is 7.30. The molecule has 3 heterocycles. The number of hydrogen-bond acceptors (Lipinski definition) is 5. The molecule has 0 radical (unpaired) electrons. The first-order valence-electron chi connectivity index (χ1n) is 5.43. The van der Waals surface area contributed by atoms with Gasteiger partial charge in [0, 0.05) is 12.7 Å². The summed E-state index contributed by atoms with van der Waals surface area (Å²) in [6.45, 7) is 2.74. The molecule has 0 spiro atoms. The molecular weight excluding hydrogens is 298 g/mol.